The van der Waals surface area contributed by atoms with E-state index in [9.17, 15) is 47.9 Å². The van der Waals surface area contributed by atoms with Crippen molar-refractivity contribution in [3.05, 3.63) is 203 Å². The van der Waals surface area contributed by atoms with Crippen molar-refractivity contribution in [3.63, 3.8) is 0 Å². The number of rotatable bonds is 38. The van der Waals surface area contributed by atoms with Gasteiger partial charge in [-0.2, -0.15) is 0 Å². The van der Waals surface area contributed by atoms with Crippen molar-refractivity contribution < 1.29 is 81.1 Å². The second-order valence-electron chi connectivity index (χ2n) is 23.1. The van der Waals surface area contributed by atoms with Gasteiger partial charge in [0.1, 0.15) is 60.9 Å². The minimum absolute atomic E-state index is 0.0134. The maximum atomic E-state index is 14.7. The highest BCUT2D eigenvalue weighted by molar-refractivity contribution is 6.07. The molecule has 0 aliphatic heterocycles. The molecular weight excluding hydrogens is 1310 g/mol. The third-order valence-electron chi connectivity index (χ3n) is 15.7. The molecule has 0 aliphatic carbocycles. The van der Waals surface area contributed by atoms with Crippen LogP contribution < -0.4 is 78.3 Å². The number of methoxy groups -OCH3 is 4. The first kappa shape index (κ1) is 77.0. The Morgan fingerprint density at radius 2 is 0.637 bits per heavy atom. The molecule has 0 saturated carbocycles. The third-order valence-corrected chi connectivity index (χ3v) is 15.7. The molecule has 0 spiro atoms. The molecule has 0 unspecified atom stereocenters. The number of benzene rings is 7. The van der Waals surface area contributed by atoms with Gasteiger partial charge in [0, 0.05) is 42.4 Å². The summed E-state index contributed by atoms with van der Waals surface area (Å²) in [6.45, 7) is 0.637. The van der Waals surface area contributed by atoms with Gasteiger partial charge in [-0.3, -0.25) is 33.6 Å². The van der Waals surface area contributed by atoms with Gasteiger partial charge >= 0.3 is 18.3 Å². The fraction of sp³-hybridized carbons (Fsp3) is 0.297. The van der Waals surface area contributed by atoms with Gasteiger partial charge in [0.25, 0.3) is 23.6 Å². The number of amides is 10. The molecule has 0 heterocycles. The lowest BCUT2D eigenvalue weighted by molar-refractivity contribution is -0.118. The lowest BCUT2D eigenvalue weighted by atomic mass is 10.1. The van der Waals surface area contributed by atoms with Crippen molar-refractivity contribution in [2.75, 3.05) is 69.8 Å². The predicted molar refractivity (Wildman–Crippen MR) is 380 cm³/mol. The maximum absolute atomic E-state index is 14.7. The second-order valence-corrected chi connectivity index (χ2v) is 23.1. The Kier molecular flexibility index (Phi) is 30.6. The zero-order valence-corrected chi connectivity index (χ0v) is 57.0. The van der Waals surface area contributed by atoms with Crippen LogP contribution in [0.15, 0.2) is 164 Å². The van der Waals surface area contributed by atoms with E-state index in [2.05, 4.69) is 47.9 Å². The Balaban J connectivity index is 1.07. The first-order valence-corrected chi connectivity index (χ1v) is 32.8. The van der Waals surface area contributed by atoms with E-state index >= 15 is 0 Å². The molecule has 28 heteroatoms. The number of primary amides is 1. The number of hydrogen-bond acceptors (Lipinski definition) is 18. The van der Waals surface area contributed by atoms with Gasteiger partial charge in [0.15, 0.2) is 0 Å². The third kappa shape index (κ3) is 24.9. The lowest BCUT2D eigenvalue weighted by Crippen LogP contribution is -2.44. The number of carbonyl (C=O) groups excluding carboxylic acids is 10. The summed E-state index contributed by atoms with van der Waals surface area (Å²) in [5.74, 6) is -4.80. The number of unbranched alkanes of at least 4 members (excludes halogenated alkanes) is 3. The molecule has 0 bridgehead atoms. The number of hydrogen-bond donors (Lipinski definition) is 11. The monoisotopic (exact) mass is 1400 g/mol. The van der Waals surface area contributed by atoms with Crippen LogP contribution in [-0.4, -0.2) is 126 Å². The standard InChI is InChI=1S/C74H85N11O17/c1-96-61-34-30-51(41-54(61)65(76)86)80-69(90)59(27-15-18-38-78-73(94)101-45-48-22-10-6-11-23-48)84-67(88)56-43-53(32-36-63(56)98-3)82-71(92)60(28-16-19-39-79-74(95)102-46-49-24-12-7-13-25-49)85-68(89)57-42-52(31-35-64(57)99-4)81-70(91)58(83-66(87)55-40-50(75)29-33-62(55)97-2)26-14-17-37-77-72(93)100-44-47-20-8-5-9-21-47/h5-13,20-25,29-36,40-43,58-60H,14-19,26-28,37-39,44-46,75H2,1-4H3,(H2,76,86)(H,77,93)(H,78,94)(H,79,95)(H,80,90)(H,81,91)(H,82,92)(H,83,87)(H,84,88)(H,85,89)/t58-,59-,60-/m0/s1. The number of carbonyl (C=O) groups is 10. The molecule has 3 atom stereocenters. The summed E-state index contributed by atoms with van der Waals surface area (Å²) in [5.41, 5.74) is 14.4. The fourth-order valence-electron chi connectivity index (χ4n) is 10.3. The molecule has 28 nitrogen and oxygen atoms in total. The summed E-state index contributed by atoms with van der Waals surface area (Å²) in [5, 5.41) is 24.7. The summed E-state index contributed by atoms with van der Waals surface area (Å²) < 4.78 is 37.9. The number of ether oxygens (including phenoxy) is 7. The highest BCUT2D eigenvalue weighted by atomic mass is 16.6. The molecule has 10 amide bonds. The van der Waals surface area contributed by atoms with E-state index in [-0.39, 0.29) is 133 Å². The minimum Gasteiger partial charge on any atom is -0.496 e. The molecule has 0 saturated heterocycles. The van der Waals surface area contributed by atoms with E-state index in [1.807, 2.05) is 91.0 Å². The topological polar surface area (TPSA) is 396 Å². The summed E-state index contributed by atoms with van der Waals surface area (Å²) >= 11 is 0. The Labute approximate surface area is 589 Å². The molecule has 102 heavy (non-hydrogen) atoms. The Hall–Kier alpha value is -12.4. The number of nitrogens with one attached hydrogen (secondary N) is 9. The lowest BCUT2D eigenvalue weighted by Gasteiger charge is -2.22. The van der Waals surface area contributed by atoms with Gasteiger partial charge in [0.05, 0.1) is 50.7 Å². The number of alkyl carbamates (subject to hydrolysis) is 3. The van der Waals surface area contributed by atoms with Crippen molar-refractivity contribution in [3.8, 4) is 23.0 Å². The van der Waals surface area contributed by atoms with Crippen LogP contribution in [0.25, 0.3) is 0 Å². The van der Waals surface area contributed by atoms with Crippen LogP contribution in [0.5, 0.6) is 23.0 Å². The predicted octanol–water partition coefficient (Wildman–Crippen LogP) is 8.90. The second kappa shape index (κ2) is 40.5. The first-order chi connectivity index (χ1) is 49.3. The normalized spacial score (nSPS) is 11.5. The van der Waals surface area contributed by atoms with Crippen molar-refractivity contribution >= 4 is 82.4 Å². The molecule has 0 aliphatic rings. The quantitative estimate of drug-likeness (QED) is 0.00977. The van der Waals surface area contributed by atoms with E-state index in [4.69, 9.17) is 44.6 Å². The SMILES string of the molecule is COc1ccc(NC(=O)[C@H](CCCCNC(=O)OCc2ccccc2)NC(=O)c2cc(NC(=O)[C@H](CCCCNC(=O)OCc3ccccc3)NC(=O)c3cc(NC(=O)[C@H](CCCCNC(=O)OCc4ccccc4)NC(=O)c4cc(N)ccc4OC)ccc3OC)ccc2OC)cc1C(N)=O. The Bertz CT molecular complexity index is 4000. The van der Waals surface area contributed by atoms with Crippen LogP contribution in [0.2, 0.25) is 0 Å². The van der Waals surface area contributed by atoms with Gasteiger partial charge in [-0.1, -0.05) is 91.0 Å². The van der Waals surface area contributed by atoms with E-state index < -0.39 is 77.8 Å². The minimum atomic E-state index is -1.32. The van der Waals surface area contributed by atoms with Crippen molar-refractivity contribution in [2.45, 2.75) is 95.7 Å². The zero-order chi connectivity index (χ0) is 73.2. The van der Waals surface area contributed by atoms with Crippen LogP contribution in [0, 0.1) is 0 Å². The molecule has 7 rings (SSSR count). The van der Waals surface area contributed by atoms with E-state index in [0.29, 0.717) is 32.1 Å². The molecule has 0 fully saturated rings. The van der Waals surface area contributed by atoms with Crippen LogP contribution in [-0.2, 0) is 48.4 Å². The maximum Gasteiger partial charge on any atom is 0.407 e. The average molecular weight is 1400 g/mol. The largest absolute Gasteiger partial charge is 0.496 e. The van der Waals surface area contributed by atoms with Crippen molar-refractivity contribution in [1.82, 2.24) is 31.9 Å². The van der Waals surface area contributed by atoms with Crippen LogP contribution in [0.3, 0.4) is 0 Å². The number of nitrogens with two attached hydrogens (primary N) is 2. The van der Waals surface area contributed by atoms with Crippen LogP contribution >= 0.6 is 0 Å². The van der Waals surface area contributed by atoms with E-state index in [1.165, 1.54) is 95.2 Å². The highest BCUT2D eigenvalue weighted by Crippen LogP contribution is 2.28. The summed E-state index contributed by atoms with van der Waals surface area (Å²) in [6, 6.07) is 40.7. The Morgan fingerprint density at radius 1 is 0.353 bits per heavy atom. The number of nitrogen functional groups attached to an aromatic ring is 1. The van der Waals surface area contributed by atoms with Gasteiger partial charge in [-0.25, -0.2) is 14.4 Å². The van der Waals surface area contributed by atoms with Crippen molar-refractivity contribution in [2.24, 2.45) is 5.73 Å². The summed E-state index contributed by atoms with van der Waals surface area (Å²) in [6.07, 6.45) is 0.0761. The van der Waals surface area contributed by atoms with Crippen molar-refractivity contribution in [1.29, 1.82) is 0 Å². The fourth-order valence-corrected chi connectivity index (χ4v) is 10.3. The van der Waals surface area contributed by atoms with Crippen LogP contribution in [0.1, 0.15) is 116 Å². The van der Waals surface area contributed by atoms with Gasteiger partial charge in [-0.15, -0.1) is 0 Å². The average Bonchev–Trinajstić information content (AvgIpc) is 0.836. The number of anilines is 4. The van der Waals surface area contributed by atoms with Gasteiger partial charge in [-0.05, 0) is 147 Å². The van der Waals surface area contributed by atoms with Gasteiger partial charge in [0.2, 0.25) is 17.7 Å². The summed E-state index contributed by atoms with van der Waals surface area (Å²) in [7, 11) is 5.37. The smallest absolute Gasteiger partial charge is 0.407 e. The van der Waals surface area contributed by atoms with E-state index in [0.717, 1.165) is 16.7 Å². The molecule has 13 N–H and O–H groups in total. The molecule has 7 aromatic carbocycles. The first-order valence-electron chi connectivity index (χ1n) is 32.8. The van der Waals surface area contributed by atoms with E-state index in [1.54, 1.807) is 6.07 Å². The molecule has 0 aromatic heterocycles. The Morgan fingerprint density at radius 3 is 0.941 bits per heavy atom. The highest BCUT2D eigenvalue weighted by Gasteiger charge is 2.29. The molecule has 538 valence electrons. The summed E-state index contributed by atoms with van der Waals surface area (Å²) in [4.78, 5) is 136. The molecular formula is C74H85N11O17. The molecule has 7 aromatic rings. The van der Waals surface area contributed by atoms with Crippen LogP contribution in [0.4, 0.5) is 37.1 Å². The van der Waals surface area contributed by atoms with Gasteiger partial charge < -0.3 is 92.5 Å². The molecule has 0 radical (unpaired) electrons. The zero-order valence-electron chi connectivity index (χ0n) is 57.0.